The SMILES string of the molecule is Cc1cc(C(C)N)ccc1OCc1c(Br)c(C)nn1C. The number of rotatable bonds is 4. The first-order chi connectivity index (χ1) is 9.40. The van der Waals surface area contributed by atoms with Crippen molar-refractivity contribution in [3.05, 3.63) is 45.2 Å². The monoisotopic (exact) mass is 337 g/mol. The number of aromatic nitrogens is 2. The van der Waals surface area contributed by atoms with Gasteiger partial charge in [-0.2, -0.15) is 5.10 Å². The van der Waals surface area contributed by atoms with Crippen LogP contribution in [0.2, 0.25) is 0 Å². The lowest BCUT2D eigenvalue weighted by molar-refractivity contribution is 0.292. The zero-order valence-electron chi connectivity index (χ0n) is 12.3. The van der Waals surface area contributed by atoms with Crippen LogP contribution in [0.3, 0.4) is 0 Å². The molecule has 4 nitrogen and oxygen atoms in total. The largest absolute Gasteiger partial charge is 0.487 e. The molecule has 0 aliphatic carbocycles. The highest BCUT2D eigenvalue weighted by Crippen LogP contribution is 2.25. The summed E-state index contributed by atoms with van der Waals surface area (Å²) >= 11 is 3.54. The van der Waals surface area contributed by atoms with Crippen LogP contribution in [-0.2, 0) is 13.7 Å². The quantitative estimate of drug-likeness (QED) is 0.930. The predicted octanol–water partition coefficient (Wildman–Crippen LogP) is 3.40. The van der Waals surface area contributed by atoms with Gasteiger partial charge in [0.2, 0.25) is 0 Å². The van der Waals surface area contributed by atoms with Gasteiger partial charge in [0.25, 0.3) is 0 Å². The topological polar surface area (TPSA) is 53.1 Å². The van der Waals surface area contributed by atoms with Crippen LogP contribution < -0.4 is 10.5 Å². The normalized spacial score (nSPS) is 12.5. The summed E-state index contributed by atoms with van der Waals surface area (Å²) in [6, 6.07) is 6.10. The van der Waals surface area contributed by atoms with Crippen LogP contribution in [0.4, 0.5) is 0 Å². The Bertz CT molecular complexity index is 620. The van der Waals surface area contributed by atoms with Crippen molar-refractivity contribution in [2.45, 2.75) is 33.4 Å². The van der Waals surface area contributed by atoms with E-state index in [1.165, 1.54) is 0 Å². The summed E-state index contributed by atoms with van der Waals surface area (Å²) in [6.45, 7) is 6.46. The molecule has 1 aromatic carbocycles. The fourth-order valence-corrected chi connectivity index (χ4v) is 2.55. The molecular formula is C15H20BrN3O. The fraction of sp³-hybridized carbons (Fsp3) is 0.400. The molecule has 0 saturated heterocycles. The van der Waals surface area contributed by atoms with E-state index in [0.29, 0.717) is 6.61 Å². The van der Waals surface area contributed by atoms with Crippen molar-refractivity contribution in [3.8, 4) is 5.75 Å². The van der Waals surface area contributed by atoms with Crippen molar-refractivity contribution >= 4 is 15.9 Å². The number of benzene rings is 1. The second-order valence-electron chi connectivity index (χ2n) is 5.07. The van der Waals surface area contributed by atoms with Gasteiger partial charge in [-0.05, 0) is 53.9 Å². The number of hydrogen-bond acceptors (Lipinski definition) is 3. The van der Waals surface area contributed by atoms with Gasteiger partial charge < -0.3 is 10.5 Å². The Morgan fingerprint density at radius 2 is 2.10 bits per heavy atom. The minimum absolute atomic E-state index is 0.0385. The highest BCUT2D eigenvalue weighted by atomic mass is 79.9. The summed E-state index contributed by atoms with van der Waals surface area (Å²) in [5.41, 5.74) is 10.1. The van der Waals surface area contributed by atoms with Crippen molar-refractivity contribution < 1.29 is 4.74 Å². The van der Waals surface area contributed by atoms with Crippen LogP contribution in [0, 0.1) is 13.8 Å². The third-order valence-corrected chi connectivity index (χ3v) is 4.38. The Morgan fingerprint density at radius 3 is 2.60 bits per heavy atom. The Morgan fingerprint density at radius 1 is 1.40 bits per heavy atom. The second-order valence-corrected chi connectivity index (χ2v) is 5.86. The first-order valence-electron chi connectivity index (χ1n) is 6.57. The number of halogens is 1. The van der Waals surface area contributed by atoms with Crippen molar-refractivity contribution in [1.29, 1.82) is 0 Å². The van der Waals surface area contributed by atoms with Crippen LogP contribution >= 0.6 is 15.9 Å². The number of nitrogens with zero attached hydrogens (tertiary/aromatic N) is 2. The van der Waals surface area contributed by atoms with Crippen LogP contribution in [-0.4, -0.2) is 9.78 Å². The highest BCUT2D eigenvalue weighted by Gasteiger charge is 2.12. The summed E-state index contributed by atoms with van der Waals surface area (Å²) in [4.78, 5) is 0. The van der Waals surface area contributed by atoms with E-state index in [9.17, 15) is 0 Å². The van der Waals surface area contributed by atoms with E-state index < -0.39 is 0 Å². The van der Waals surface area contributed by atoms with Gasteiger partial charge in [0, 0.05) is 13.1 Å². The molecule has 0 bridgehead atoms. The molecule has 1 atom stereocenters. The Labute approximate surface area is 128 Å². The molecule has 0 saturated carbocycles. The van der Waals surface area contributed by atoms with E-state index in [0.717, 1.165) is 32.7 Å². The number of nitrogens with two attached hydrogens (primary N) is 1. The van der Waals surface area contributed by atoms with E-state index in [-0.39, 0.29) is 6.04 Å². The van der Waals surface area contributed by atoms with Crippen molar-refractivity contribution in [2.75, 3.05) is 0 Å². The molecule has 0 fully saturated rings. The van der Waals surface area contributed by atoms with Crippen molar-refractivity contribution in [2.24, 2.45) is 12.8 Å². The summed E-state index contributed by atoms with van der Waals surface area (Å²) in [5, 5.41) is 4.36. The van der Waals surface area contributed by atoms with Gasteiger partial charge in [-0.1, -0.05) is 12.1 Å². The Balaban J connectivity index is 2.15. The maximum atomic E-state index is 5.90. The minimum atomic E-state index is 0.0385. The van der Waals surface area contributed by atoms with E-state index in [1.807, 2.05) is 44.6 Å². The lowest BCUT2D eigenvalue weighted by atomic mass is 10.1. The van der Waals surface area contributed by atoms with Gasteiger partial charge in [-0.3, -0.25) is 4.68 Å². The smallest absolute Gasteiger partial charge is 0.131 e. The van der Waals surface area contributed by atoms with Crippen molar-refractivity contribution in [1.82, 2.24) is 9.78 Å². The molecule has 0 spiro atoms. The van der Waals surface area contributed by atoms with Gasteiger partial charge in [0.15, 0.2) is 0 Å². The summed E-state index contributed by atoms with van der Waals surface area (Å²) < 4.78 is 8.74. The third-order valence-electron chi connectivity index (χ3n) is 3.35. The van der Waals surface area contributed by atoms with Crippen LogP contribution in [0.25, 0.3) is 0 Å². The fourth-order valence-electron chi connectivity index (χ4n) is 2.10. The van der Waals surface area contributed by atoms with Crippen LogP contribution in [0.1, 0.15) is 35.5 Å². The number of aryl methyl sites for hydroxylation is 3. The average molecular weight is 338 g/mol. The average Bonchev–Trinajstić information content (AvgIpc) is 2.62. The van der Waals surface area contributed by atoms with E-state index in [2.05, 4.69) is 27.1 Å². The maximum Gasteiger partial charge on any atom is 0.131 e. The molecule has 0 aliphatic rings. The molecule has 1 unspecified atom stereocenters. The molecule has 2 N–H and O–H groups in total. The van der Waals surface area contributed by atoms with Crippen molar-refractivity contribution in [3.63, 3.8) is 0 Å². The van der Waals surface area contributed by atoms with Gasteiger partial charge >= 0.3 is 0 Å². The zero-order valence-corrected chi connectivity index (χ0v) is 13.9. The summed E-state index contributed by atoms with van der Waals surface area (Å²) in [7, 11) is 1.92. The van der Waals surface area contributed by atoms with Crippen LogP contribution in [0.15, 0.2) is 22.7 Å². The van der Waals surface area contributed by atoms with Gasteiger partial charge in [0.1, 0.15) is 12.4 Å². The number of hydrogen-bond donors (Lipinski definition) is 1. The molecule has 0 amide bonds. The first kappa shape index (κ1) is 15.1. The molecule has 1 heterocycles. The predicted molar refractivity (Wildman–Crippen MR) is 83.8 cm³/mol. The minimum Gasteiger partial charge on any atom is -0.487 e. The standard InChI is InChI=1S/C15H20BrN3O/c1-9-7-12(10(2)17)5-6-14(9)20-8-13-15(16)11(3)18-19(13)4/h5-7,10H,8,17H2,1-4H3. The highest BCUT2D eigenvalue weighted by molar-refractivity contribution is 9.10. The zero-order chi connectivity index (χ0) is 14.9. The maximum absolute atomic E-state index is 5.90. The Hall–Kier alpha value is -1.33. The second kappa shape index (κ2) is 5.97. The van der Waals surface area contributed by atoms with E-state index in [4.69, 9.17) is 10.5 Å². The molecular weight excluding hydrogens is 318 g/mol. The summed E-state index contributed by atoms with van der Waals surface area (Å²) in [5.74, 6) is 0.875. The molecule has 5 heteroatoms. The molecule has 1 aromatic heterocycles. The molecule has 20 heavy (non-hydrogen) atoms. The molecule has 2 rings (SSSR count). The first-order valence-corrected chi connectivity index (χ1v) is 7.36. The lowest BCUT2D eigenvalue weighted by Crippen LogP contribution is -2.07. The lowest BCUT2D eigenvalue weighted by Gasteiger charge is -2.12. The van der Waals surface area contributed by atoms with E-state index >= 15 is 0 Å². The van der Waals surface area contributed by atoms with Gasteiger partial charge in [0.05, 0.1) is 15.9 Å². The Kier molecular flexibility index (Phi) is 4.50. The van der Waals surface area contributed by atoms with Gasteiger partial charge in [-0.25, -0.2) is 0 Å². The molecule has 2 aromatic rings. The third kappa shape index (κ3) is 3.04. The molecule has 0 aliphatic heterocycles. The number of ether oxygens (including phenoxy) is 1. The van der Waals surface area contributed by atoms with Crippen LogP contribution in [0.5, 0.6) is 5.75 Å². The molecule has 0 radical (unpaired) electrons. The van der Waals surface area contributed by atoms with E-state index in [1.54, 1.807) is 0 Å². The molecule has 108 valence electrons. The van der Waals surface area contributed by atoms with Gasteiger partial charge in [-0.15, -0.1) is 0 Å². The summed E-state index contributed by atoms with van der Waals surface area (Å²) in [6.07, 6.45) is 0.